The quantitative estimate of drug-likeness (QED) is 0.643. The Morgan fingerprint density at radius 3 is 2.91 bits per heavy atom. The van der Waals surface area contributed by atoms with Crippen LogP contribution in [0, 0.1) is 13.8 Å². The Morgan fingerprint density at radius 2 is 2.36 bits per heavy atom. The normalized spacial score (nSPS) is 13.0. The highest BCUT2D eigenvalue weighted by atomic mass is 15.1. The number of aryl methyl sites for hydroxylation is 1. The van der Waals surface area contributed by atoms with Gasteiger partial charge in [-0.25, -0.2) is 0 Å². The Kier molecular flexibility index (Phi) is 2.58. The van der Waals surface area contributed by atoms with Gasteiger partial charge in [-0.1, -0.05) is 13.8 Å². The van der Waals surface area contributed by atoms with Gasteiger partial charge in [-0.15, -0.1) is 0 Å². The summed E-state index contributed by atoms with van der Waals surface area (Å²) >= 11 is 0. The van der Waals surface area contributed by atoms with Crippen LogP contribution in [0.1, 0.15) is 30.5 Å². The summed E-state index contributed by atoms with van der Waals surface area (Å²) in [6.07, 6.45) is 2.59. The van der Waals surface area contributed by atoms with Gasteiger partial charge in [0.05, 0.1) is 5.69 Å². The third kappa shape index (κ3) is 1.76. The van der Waals surface area contributed by atoms with E-state index in [1.165, 1.54) is 5.56 Å². The van der Waals surface area contributed by atoms with Crippen molar-refractivity contribution in [3.8, 4) is 0 Å². The first-order valence-electron chi connectivity index (χ1n) is 3.83. The monoisotopic (exact) mass is 149 g/mol. The molecule has 0 aliphatic carbocycles. The van der Waals surface area contributed by atoms with E-state index in [9.17, 15) is 0 Å². The molecule has 0 spiro atoms. The summed E-state index contributed by atoms with van der Waals surface area (Å²) in [5, 5.41) is 7.90. The summed E-state index contributed by atoms with van der Waals surface area (Å²) in [6.45, 7) is 8.00. The Morgan fingerprint density at radius 1 is 1.64 bits per heavy atom. The Bertz CT molecular complexity index is 233. The molecule has 11 heavy (non-hydrogen) atoms. The minimum Gasteiger partial charge on any atom is -0.159 e. The van der Waals surface area contributed by atoms with Gasteiger partial charge in [0.1, 0.15) is 0 Å². The fraction of sp³-hybridized carbons (Fsp3) is 0.444. The summed E-state index contributed by atoms with van der Waals surface area (Å²) < 4.78 is 0. The van der Waals surface area contributed by atoms with E-state index < -0.39 is 0 Å². The van der Waals surface area contributed by atoms with Gasteiger partial charge in [-0.2, -0.15) is 10.2 Å². The largest absolute Gasteiger partial charge is 0.159 e. The molecule has 2 nitrogen and oxygen atoms in total. The van der Waals surface area contributed by atoms with Crippen LogP contribution in [-0.2, 0) is 0 Å². The first-order valence-corrected chi connectivity index (χ1v) is 3.83. The smallest absolute Gasteiger partial charge is 0.0688 e. The van der Waals surface area contributed by atoms with Gasteiger partial charge in [0.15, 0.2) is 0 Å². The average molecular weight is 149 g/mol. The van der Waals surface area contributed by atoms with Crippen LogP contribution in [-0.4, -0.2) is 10.2 Å². The van der Waals surface area contributed by atoms with Crippen LogP contribution in [0.5, 0.6) is 0 Å². The van der Waals surface area contributed by atoms with Gasteiger partial charge < -0.3 is 0 Å². The third-order valence-corrected chi connectivity index (χ3v) is 1.86. The molecule has 0 N–H and O–H groups in total. The summed E-state index contributed by atoms with van der Waals surface area (Å²) in [5.41, 5.74) is 2.28. The molecule has 1 aromatic rings. The van der Waals surface area contributed by atoms with Crippen LogP contribution >= 0.6 is 0 Å². The van der Waals surface area contributed by atoms with E-state index in [4.69, 9.17) is 0 Å². The molecule has 1 atom stereocenters. The maximum atomic E-state index is 4.06. The van der Waals surface area contributed by atoms with Crippen molar-refractivity contribution >= 4 is 0 Å². The van der Waals surface area contributed by atoms with Crippen LogP contribution in [0.2, 0.25) is 0 Å². The molecule has 0 aliphatic rings. The number of nitrogens with zero attached hydrogens (tertiary/aromatic N) is 2. The van der Waals surface area contributed by atoms with Crippen molar-refractivity contribution in [2.24, 2.45) is 0 Å². The van der Waals surface area contributed by atoms with Crippen LogP contribution < -0.4 is 0 Å². The van der Waals surface area contributed by atoms with Crippen LogP contribution in [0.15, 0.2) is 12.3 Å². The lowest BCUT2D eigenvalue weighted by Gasteiger charge is -2.08. The van der Waals surface area contributed by atoms with Gasteiger partial charge >= 0.3 is 0 Å². The lowest BCUT2D eigenvalue weighted by Crippen LogP contribution is -2.00. The zero-order chi connectivity index (χ0) is 8.27. The lowest BCUT2D eigenvalue weighted by molar-refractivity contribution is 0.715. The topological polar surface area (TPSA) is 25.8 Å². The highest BCUT2D eigenvalue weighted by Gasteiger charge is 2.06. The number of rotatable bonds is 2. The van der Waals surface area contributed by atoms with Gasteiger partial charge in [-0.05, 0) is 25.0 Å². The number of hydrogen-bond donors (Lipinski definition) is 0. The Balaban J connectivity index is 2.93. The maximum absolute atomic E-state index is 4.06. The zero-order valence-corrected chi connectivity index (χ0v) is 7.04. The molecule has 0 aliphatic heterocycles. The molecular weight excluding hydrogens is 136 g/mol. The fourth-order valence-electron chi connectivity index (χ4n) is 1.03. The Hall–Kier alpha value is -0.920. The SMILES string of the molecule is [CH2]CC(C)c1nnccc1C. The standard InChI is InChI=1S/C9H13N2/c1-4-7(2)9-8(3)5-6-10-11-9/h5-7H,1,4H2,2-3H3. The highest BCUT2D eigenvalue weighted by molar-refractivity contribution is 5.18. The van der Waals surface area contributed by atoms with Gasteiger partial charge in [-0.3, -0.25) is 0 Å². The summed E-state index contributed by atoms with van der Waals surface area (Å²) in [4.78, 5) is 0. The van der Waals surface area contributed by atoms with E-state index in [-0.39, 0.29) is 0 Å². The molecular formula is C9H13N2. The minimum atomic E-state index is 0.420. The summed E-state index contributed by atoms with van der Waals surface area (Å²) in [5.74, 6) is 0.420. The van der Waals surface area contributed by atoms with E-state index in [1.54, 1.807) is 6.20 Å². The highest BCUT2D eigenvalue weighted by Crippen LogP contribution is 2.17. The van der Waals surface area contributed by atoms with Gasteiger partial charge in [0.2, 0.25) is 0 Å². The molecule has 0 saturated heterocycles. The van der Waals surface area contributed by atoms with Crippen LogP contribution in [0.25, 0.3) is 0 Å². The molecule has 1 heterocycles. The van der Waals surface area contributed by atoms with Crippen molar-refractivity contribution in [2.75, 3.05) is 0 Å². The lowest BCUT2D eigenvalue weighted by atomic mass is 10.0. The second-order valence-corrected chi connectivity index (χ2v) is 2.79. The first kappa shape index (κ1) is 8.18. The van der Waals surface area contributed by atoms with Crippen molar-refractivity contribution in [3.63, 3.8) is 0 Å². The van der Waals surface area contributed by atoms with E-state index >= 15 is 0 Å². The maximum Gasteiger partial charge on any atom is 0.0688 e. The number of aromatic nitrogens is 2. The molecule has 0 bridgehead atoms. The average Bonchev–Trinajstić information content (AvgIpc) is 2.04. The molecule has 0 fully saturated rings. The van der Waals surface area contributed by atoms with Crippen molar-refractivity contribution in [1.29, 1.82) is 0 Å². The van der Waals surface area contributed by atoms with E-state index in [0.29, 0.717) is 5.92 Å². The fourth-order valence-corrected chi connectivity index (χ4v) is 1.03. The molecule has 0 aromatic carbocycles. The molecule has 1 unspecified atom stereocenters. The van der Waals surface area contributed by atoms with Crippen molar-refractivity contribution in [1.82, 2.24) is 10.2 Å². The van der Waals surface area contributed by atoms with E-state index in [0.717, 1.165) is 12.1 Å². The van der Waals surface area contributed by atoms with Crippen LogP contribution in [0.4, 0.5) is 0 Å². The summed E-state index contributed by atoms with van der Waals surface area (Å²) in [6, 6.07) is 1.98. The first-order chi connectivity index (χ1) is 5.25. The molecule has 0 amide bonds. The predicted octanol–water partition coefficient (Wildman–Crippen LogP) is 2.11. The second kappa shape index (κ2) is 3.46. The van der Waals surface area contributed by atoms with Crippen molar-refractivity contribution < 1.29 is 0 Å². The molecule has 0 saturated carbocycles. The third-order valence-electron chi connectivity index (χ3n) is 1.86. The number of hydrogen-bond acceptors (Lipinski definition) is 2. The van der Waals surface area contributed by atoms with E-state index in [1.807, 2.05) is 6.07 Å². The van der Waals surface area contributed by atoms with Crippen LogP contribution in [0.3, 0.4) is 0 Å². The molecule has 1 radical (unpaired) electrons. The predicted molar refractivity (Wildman–Crippen MR) is 45.2 cm³/mol. The zero-order valence-electron chi connectivity index (χ0n) is 7.04. The van der Waals surface area contributed by atoms with Crippen molar-refractivity contribution in [3.05, 3.63) is 30.4 Å². The van der Waals surface area contributed by atoms with Gasteiger partial charge in [0.25, 0.3) is 0 Å². The summed E-state index contributed by atoms with van der Waals surface area (Å²) in [7, 11) is 0. The second-order valence-electron chi connectivity index (χ2n) is 2.79. The molecule has 2 heteroatoms. The Labute approximate surface area is 67.7 Å². The minimum absolute atomic E-state index is 0.420. The molecule has 1 rings (SSSR count). The van der Waals surface area contributed by atoms with E-state index in [2.05, 4.69) is 31.0 Å². The molecule has 59 valence electrons. The van der Waals surface area contributed by atoms with Crippen molar-refractivity contribution in [2.45, 2.75) is 26.2 Å². The van der Waals surface area contributed by atoms with Gasteiger partial charge in [0, 0.05) is 12.1 Å². The molecule has 1 aromatic heterocycles.